The molecule has 2 aromatic rings. The third-order valence-electron chi connectivity index (χ3n) is 4.85. The summed E-state index contributed by atoms with van der Waals surface area (Å²) in [5.41, 5.74) is 1.60. The van der Waals surface area contributed by atoms with Crippen molar-refractivity contribution in [3.63, 3.8) is 0 Å². The molecule has 0 amide bonds. The zero-order valence-corrected chi connectivity index (χ0v) is 21.1. The second-order valence-electron chi connectivity index (χ2n) is 10.4. The maximum absolute atomic E-state index is 10.8. The summed E-state index contributed by atoms with van der Waals surface area (Å²) in [6, 6.07) is 14.7. The van der Waals surface area contributed by atoms with Crippen molar-refractivity contribution in [2.45, 2.75) is 65.5 Å². The van der Waals surface area contributed by atoms with Crippen LogP contribution in [0.5, 0.6) is 11.5 Å². The van der Waals surface area contributed by atoms with Crippen LogP contribution < -0.4 is 15.2 Å². The molecule has 0 fully saturated rings. The fourth-order valence-electron chi connectivity index (χ4n) is 3.07. The molecule has 162 valence electrons. The van der Waals surface area contributed by atoms with Gasteiger partial charge in [-0.1, -0.05) is 90.2 Å². The van der Waals surface area contributed by atoms with Gasteiger partial charge in [0, 0.05) is 11.1 Å². The summed E-state index contributed by atoms with van der Waals surface area (Å²) in [5.74, 6) is 1.26. The molecular weight excluding hydrogens is 374 g/mol. The molecule has 4 heteroatoms. The Morgan fingerprint density at radius 2 is 1.28 bits per heavy atom. The molecule has 0 heterocycles. The average Bonchev–Trinajstić information content (AvgIpc) is 2.60. The number of nitrogens with one attached hydrogen (secondary N) is 1. The summed E-state index contributed by atoms with van der Waals surface area (Å²) in [4.78, 5) is 0. The number of phenolic OH excluding ortho intramolecular Hbond substituents is 1. The van der Waals surface area contributed by atoms with E-state index in [0.717, 1.165) is 23.1 Å². The molecule has 0 aromatic heterocycles. The predicted molar refractivity (Wildman–Crippen MR) is 130 cm³/mol. The summed E-state index contributed by atoms with van der Waals surface area (Å²) in [6.45, 7) is 17.4. The summed E-state index contributed by atoms with van der Waals surface area (Å²) in [5, 5.41) is 15.0. The van der Waals surface area contributed by atoms with Crippen LogP contribution in [0, 0.1) is 0 Å². The fraction of sp³-hybridized carbons (Fsp3) is 0.520. The van der Waals surface area contributed by atoms with Crippen molar-refractivity contribution in [1.82, 2.24) is 5.32 Å². The van der Waals surface area contributed by atoms with E-state index in [2.05, 4.69) is 90.3 Å². The standard InChI is InChI=1S/C23H34O2Si.C2H7N/c1-22(2,3)19-14-17(15-20(21(19)24)23(4,5)6)25-16-26(7,8)18-12-10-9-11-13-18;1-3-2/h9-15,24H,16H2,1-8H3;3H,1-2H3. The minimum absolute atomic E-state index is 0.143. The second-order valence-corrected chi connectivity index (χ2v) is 15.0. The van der Waals surface area contributed by atoms with Gasteiger partial charge in [-0.25, -0.2) is 0 Å². The Morgan fingerprint density at radius 1 is 0.862 bits per heavy atom. The maximum Gasteiger partial charge on any atom is 0.124 e. The molecule has 0 radical (unpaired) electrons. The van der Waals surface area contributed by atoms with Gasteiger partial charge in [0.15, 0.2) is 0 Å². The van der Waals surface area contributed by atoms with E-state index in [0.29, 0.717) is 5.75 Å². The topological polar surface area (TPSA) is 41.5 Å². The molecule has 2 N–H and O–H groups in total. The third kappa shape index (κ3) is 7.20. The van der Waals surface area contributed by atoms with Crippen molar-refractivity contribution in [3.8, 4) is 11.5 Å². The quantitative estimate of drug-likeness (QED) is 0.661. The Kier molecular flexibility index (Phi) is 8.55. The molecule has 2 rings (SSSR count). The van der Waals surface area contributed by atoms with Gasteiger partial charge in [0.2, 0.25) is 0 Å². The van der Waals surface area contributed by atoms with Crippen molar-refractivity contribution in [2.75, 3.05) is 20.3 Å². The highest BCUT2D eigenvalue weighted by Crippen LogP contribution is 2.41. The molecule has 29 heavy (non-hydrogen) atoms. The van der Waals surface area contributed by atoms with Gasteiger partial charge < -0.3 is 15.2 Å². The molecule has 0 atom stereocenters. The number of ether oxygens (including phenoxy) is 1. The van der Waals surface area contributed by atoms with Crippen molar-refractivity contribution < 1.29 is 9.84 Å². The van der Waals surface area contributed by atoms with Gasteiger partial charge >= 0.3 is 0 Å². The molecule has 0 saturated heterocycles. The SMILES string of the molecule is CC(C)(C)c1cc(OC[Si](C)(C)c2ccccc2)cc(C(C)(C)C)c1O.CNC. The van der Waals surface area contributed by atoms with Crippen LogP contribution in [0.3, 0.4) is 0 Å². The normalized spacial score (nSPS) is 12.2. The van der Waals surface area contributed by atoms with Crippen LogP contribution in [0.1, 0.15) is 52.7 Å². The molecule has 0 aliphatic rings. The first-order valence-electron chi connectivity index (χ1n) is 10.4. The number of hydrogen-bond acceptors (Lipinski definition) is 3. The number of rotatable bonds is 4. The summed E-state index contributed by atoms with van der Waals surface area (Å²) in [7, 11) is 2.06. The second kappa shape index (κ2) is 9.81. The highest BCUT2D eigenvalue weighted by atomic mass is 28.3. The minimum Gasteiger partial charge on any atom is -0.507 e. The lowest BCUT2D eigenvalue weighted by molar-refractivity contribution is 0.369. The summed E-state index contributed by atoms with van der Waals surface area (Å²) in [6.07, 6.45) is 0.717. The number of hydrogen-bond donors (Lipinski definition) is 2. The summed E-state index contributed by atoms with van der Waals surface area (Å²) >= 11 is 0. The van der Waals surface area contributed by atoms with E-state index in [1.54, 1.807) is 0 Å². The van der Waals surface area contributed by atoms with Crippen LogP contribution in [-0.4, -0.2) is 33.5 Å². The van der Waals surface area contributed by atoms with E-state index in [1.165, 1.54) is 5.19 Å². The number of aromatic hydroxyl groups is 1. The molecule has 0 aliphatic carbocycles. The Labute approximate surface area is 179 Å². The van der Waals surface area contributed by atoms with Crippen LogP contribution in [0.15, 0.2) is 42.5 Å². The third-order valence-corrected chi connectivity index (χ3v) is 7.62. The lowest BCUT2D eigenvalue weighted by Crippen LogP contribution is -2.47. The van der Waals surface area contributed by atoms with Crippen LogP contribution in [0.2, 0.25) is 13.1 Å². The van der Waals surface area contributed by atoms with Crippen molar-refractivity contribution >= 4 is 13.3 Å². The molecule has 0 spiro atoms. The highest BCUT2D eigenvalue weighted by molar-refractivity contribution is 6.89. The Hall–Kier alpha value is -1.78. The molecule has 0 aliphatic heterocycles. The Bertz CT molecular complexity index is 737. The first-order chi connectivity index (χ1) is 13.2. The van der Waals surface area contributed by atoms with E-state index < -0.39 is 8.07 Å². The average molecular weight is 416 g/mol. The number of phenols is 1. The highest BCUT2D eigenvalue weighted by Gasteiger charge is 2.28. The smallest absolute Gasteiger partial charge is 0.124 e. The molecule has 0 bridgehead atoms. The van der Waals surface area contributed by atoms with Crippen molar-refractivity contribution in [3.05, 3.63) is 53.6 Å². The molecule has 3 nitrogen and oxygen atoms in total. The zero-order chi connectivity index (χ0) is 22.5. The summed E-state index contributed by atoms with van der Waals surface area (Å²) < 4.78 is 6.30. The van der Waals surface area contributed by atoms with E-state index in [9.17, 15) is 5.11 Å². The van der Waals surface area contributed by atoms with Crippen LogP contribution >= 0.6 is 0 Å². The Balaban J connectivity index is 0.00000132. The van der Waals surface area contributed by atoms with Crippen LogP contribution in [-0.2, 0) is 10.8 Å². The van der Waals surface area contributed by atoms with E-state index >= 15 is 0 Å². The zero-order valence-electron chi connectivity index (χ0n) is 20.1. The van der Waals surface area contributed by atoms with Gasteiger partial charge in [-0.3, -0.25) is 0 Å². The Morgan fingerprint density at radius 3 is 1.66 bits per heavy atom. The molecule has 0 unspecified atom stereocenters. The van der Waals surface area contributed by atoms with Gasteiger partial charge in [0.1, 0.15) is 19.6 Å². The molecule has 2 aromatic carbocycles. The number of benzene rings is 2. The fourth-order valence-corrected chi connectivity index (χ4v) is 4.86. The first-order valence-corrected chi connectivity index (χ1v) is 13.6. The van der Waals surface area contributed by atoms with E-state index in [4.69, 9.17) is 4.74 Å². The predicted octanol–water partition coefficient (Wildman–Crippen LogP) is 5.36. The first kappa shape index (κ1) is 25.3. The lowest BCUT2D eigenvalue weighted by Gasteiger charge is -2.29. The largest absolute Gasteiger partial charge is 0.507 e. The van der Waals surface area contributed by atoms with Crippen molar-refractivity contribution in [1.29, 1.82) is 0 Å². The van der Waals surface area contributed by atoms with Gasteiger partial charge in [-0.05, 0) is 37.1 Å². The minimum atomic E-state index is -1.69. The van der Waals surface area contributed by atoms with Crippen molar-refractivity contribution in [2.24, 2.45) is 0 Å². The maximum atomic E-state index is 10.8. The van der Waals surface area contributed by atoms with Gasteiger partial charge in [-0.15, -0.1) is 0 Å². The van der Waals surface area contributed by atoms with Crippen LogP contribution in [0.25, 0.3) is 0 Å². The van der Waals surface area contributed by atoms with Gasteiger partial charge in [0.05, 0.1) is 6.23 Å². The van der Waals surface area contributed by atoms with E-state index in [1.807, 2.05) is 26.2 Å². The monoisotopic (exact) mass is 415 g/mol. The van der Waals surface area contributed by atoms with Gasteiger partial charge in [-0.2, -0.15) is 0 Å². The van der Waals surface area contributed by atoms with E-state index in [-0.39, 0.29) is 10.8 Å². The molecule has 0 saturated carbocycles. The molecular formula is C25H41NO2Si. The lowest BCUT2D eigenvalue weighted by atomic mass is 9.79. The van der Waals surface area contributed by atoms with Crippen LogP contribution in [0.4, 0.5) is 0 Å². The van der Waals surface area contributed by atoms with Gasteiger partial charge in [0.25, 0.3) is 0 Å².